The van der Waals surface area contributed by atoms with Crippen molar-refractivity contribution in [2.75, 3.05) is 26.2 Å². The SMILES string of the molecule is c1ccc(-c2nnc(CN3CC4CNCC4C3)o2)cc1. The molecule has 2 fully saturated rings. The van der Waals surface area contributed by atoms with Crippen molar-refractivity contribution < 1.29 is 4.42 Å². The molecule has 2 aliphatic rings. The van der Waals surface area contributed by atoms with Crippen LogP contribution in [0.1, 0.15) is 5.89 Å². The lowest BCUT2D eigenvalue weighted by atomic mass is 10.0. The highest BCUT2D eigenvalue weighted by molar-refractivity contribution is 5.51. The van der Waals surface area contributed by atoms with Crippen LogP contribution in [0.25, 0.3) is 11.5 Å². The van der Waals surface area contributed by atoms with Gasteiger partial charge in [-0.2, -0.15) is 0 Å². The number of aromatic nitrogens is 2. The Bertz CT molecular complexity index is 571. The summed E-state index contributed by atoms with van der Waals surface area (Å²) in [5, 5.41) is 11.8. The number of fused-ring (bicyclic) bond motifs is 1. The molecular weight excluding hydrogens is 252 g/mol. The predicted molar refractivity (Wildman–Crippen MR) is 74.9 cm³/mol. The molecule has 4 rings (SSSR count). The minimum atomic E-state index is 0.613. The quantitative estimate of drug-likeness (QED) is 0.913. The van der Waals surface area contributed by atoms with E-state index in [1.54, 1.807) is 0 Å². The van der Waals surface area contributed by atoms with Crippen molar-refractivity contribution in [1.82, 2.24) is 20.4 Å². The van der Waals surface area contributed by atoms with Crippen LogP contribution in [0.3, 0.4) is 0 Å². The van der Waals surface area contributed by atoms with E-state index in [0.717, 1.165) is 56.0 Å². The number of nitrogens with one attached hydrogen (secondary N) is 1. The number of rotatable bonds is 3. The smallest absolute Gasteiger partial charge is 0.247 e. The molecule has 0 radical (unpaired) electrons. The number of likely N-dealkylation sites (tertiary alicyclic amines) is 1. The Morgan fingerprint density at radius 2 is 1.85 bits per heavy atom. The average Bonchev–Trinajstić information content (AvgIpc) is 3.16. The van der Waals surface area contributed by atoms with Crippen LogP contribution < -0.4 is 5.32 Å². The van der Waals surface area contributed by atoms with Crippen molar-refractivity contribution >= 4 is 0 Å². The standard InChI is InChI=1S/C15H18N4O/c1-2-4-11(5-3-1)15-18-17-14(20-15)10-19-8-12-6-16-7-13(12)9-19/h1-5,12-13,16H,6-10H2. The molecule has 2 saturated heterocycles. The van der Waals surface area contributed by atoms with Crippen molar-refractivity contribution in [2.45, 2.75) is 6.54 Å². The van der Waals surface area contributed by atoms with Crippen molar-refractivity contribution in [2.24, 2.45) is 11.8 Å². The molecule has 5 heteroatoms. The molecule has 2 aliphatic heterocycles. The van der Waals surface area contributed by atoms with Crippen LogP contribution in [0.5, 0.6) is 0 Å². The molecule has 0 amide bonds. The van der Waals surface area contributed by atoms with E-state index in [-0.39, 0.29) is 0 Å². The molecule has 0 saturated carbocycles. The molecule has 1 aromatic carbocycles. The van der Waals surface area contributed by atoms with Crippen LogP contribution in [0.4, 0.5) is 0 Å². The highest BCUT2D eigenvalue weighted by Crippen LogP contribution is 2.27. The fourth-order valence-corrected chi connectivity index (χ4v) is 3.29. The molecule has 1 N–H and O–H groups in total. The first-order chi connectivity index (χ1) is 9.88. The Balaban J connectivity index is 1.44. The maximum atomic E-state index is 5.77. The largest absolute Gasteiger partial charge is 0.419 e. The molecule has 5 nitrogen and oxygen atoms in total. The lowest BCUT2D eigenvalue weighted by molar-refractivity contribution is 0.273. The number of nitrogens with zero attached hydrogens (tertiary/aromatic N) is 3. The van der Waals surface area contributed by atoms with Crippen LogP contribution in [0.2, 0.25) is 0 Å². The molecular formula is C15H18N4O. The van der Waals surface area contributed by atoms with Gasteiger partial charge in [-0.05, 0) is 37.1 Å². The third kappa shape index (κ3) is 2.23. The van der Waals surface area contributed by atoms with Gasteiger partial charge in [-0.3, -0.25) is 4.90 Å². The fraction of sp³-hybridized carbons (Fsp3) is 0.467. The Labute approximate surface area is 118 Å². The van der Waals surface area contributed by atoms with Gasteiger partial charge in [0.2, 0.25) is 11.8 Å². The third-order valence-electron chi connectivity index (χ3n) is 4.31. The summed E-state index contributed by atoms with van der Waals surface area (Å²) < 4.78 is 5.77. The van der Waals surface area contributed by atoms with Gasteiger partial charge in [0.25, 0.3) is 0 Å². The van der Waals surface area contributed by atoms with Crippen molar-refractivity contribution in [1.29, 1.82) is 0 Å². The Kier molecular flexibility index (Phi) is 3.01. The summed E-state index contributed by atoms with van der Waals surface area (Å²) >= 11 is 0. The van der Waals surface area contributed by atoms with E-state index in [0.29, 0.717) is 5.89 Å². The first-order valence-electron chi connectivity index (χ1n) is 7.19. The second-order valence-corrected chi connectivity index (χ2v) is 5.74. The minimum absolute atomic E-state index is 0.613. The third-order valence-corrected chi connectivity index (χ3v) is 4.31. The lowest BCUT2D eigenvalue weighted by Crippen LogP contribution is -2.25. The van der Waals surface area contributed by atoms with E-state index in [1.807, 2.05) is 30.3 Å². The van der Waals surface area contributed by atoms with E-state index in [9.17, 15) is 0 Å². The second-order valence-electron chi connectivity index (χ2n) is 5.74. The van der Waals surface area contributed by atoms with Gasteiger partial charge in [-0.15, -0.1) is 10.2 Å². The van der Waals surface area contributed by atoms with Crippen LogP contribution in [0, 0.1) is 11.8 Å². The zero-order valence-electron chi connectivity index (χ0n) is 11.3. The van der Waals surface area contributed by atoms with Crippen molar-refractivity contribution in [3.63, 3.8) is 0 Å². The summed E-state index contributed by atoms with van der Waals surface area (Å²) in [6.45, 7) is 5.36. The summed E-state index contributed by atoms with van der Waals surface area (Å²) in [5.74, 6) is 2.93. The summed E-state index contributed by atoms with van der Waals surface area (Å²) in [6, 6.07) is 9.92. The van der Waals surface area contributed by atoms with Crippen LogP contribution >= 0.6 is 0 Å². The Hall–Kier alpha value is -1.72. The van der Waals surface area contributed by atoms with Gasteiger partial charge in [-0.1, -0.05) is 18.2 Å². The van der Waals surface area contributed by atoms with Gasteiger partial charge >= 0.3 is 0 Å². The first-order valence-corrected chi connectivity index (χ1v) is 7.19. The number of benzene rings is 1. The van der Waals surface area contributed by atoms with Gasteiger partial charge in [0.15, 0.2) is 0 Å². The van der Waals surface area contributed by atoms with Gasteiger partial charge in [-0.25, -0.2) is 0 Å². The van der Waals surface area contributed by atoms with Crippen LogP contribution in [-0.2, 0) is 6.54 Å². The number of hydrogen-bond acceptors (Lipinski definition) is 5. The van der Waals surface area contributed by atoms with Gasteiger partial charge in [0, 0.05) is 18.7 Å². The van der Waals surface area contributed by atoms with Gasteiger partial charge < -0.3 is 9.73 Å². The maximum absolute atomic E-state index is 5.77. The monoisotopic (exact) mass is 270 g/mol. The van der Waals surface area contributed by atoms with E-state index in [4.69, 9.17) is 4.42 Å². The average molecular weight is 270 g/mol. The lowest BCUT2D eigenvalue weighted by Gasteiger charge is -2.13. The molecule has 2 atom stereocenters. The highest BCUT2D eigenvalue weighted by Gasteiger charge is 2.36. The molecule has 1 aromatic heterocycles. The number of hydrogen-bond donors (Lipinski definition) is 1. The summed E-state index contributed by atoms with van der Waals surface area (Å²) in [4.78, 5) is 2.43. The topological polar surface area (TPSA) is 54.2 Å². The van der Waals surface area contributed by atoms with Crippen LogP contribution in [0.15, 0.2) is 34.7 Å². The Morgan fingerprint density at radius 1 is 1.10 bits per heavy atom. The first kappa shape index (κ1) is 12.1. The molecule has 20 heavy (non-hydrogen) atoms. The molecule has 2 unspecified atom stereocenters. The molecule has 2 aromatic rings. The molecule has 0 bridgehead atoms. The van der Waals surface area contributed by atoms with E-state index >= 15 is 0 Å². The molecule has 3 heterocycles. The van der Waals surface area contributed by atoms with Gasteiger partial charge in [0.1, 0.15) is 0 Å². The van der Waals surface area contributed by atoms with Crippen LogP contribution in [-0.4, -0.2) is 41.3 Å². The minimum Gasteiger partial charge on any atom is -0.419 e. The van der Waals surface area contributed by atoms with Gasteiger partial charge in [0.05, 0.1) is 6.54 Å². The summed E-state index contributed by atoms with van der Waals surface area (Å²) in [7, 11) is 0. The highest BCUT2D eigenvalue weighted by atomic mass is 16.4. The zero-order valence-corrected chi connectivity index (χ0v) is 11.3. The molecule has 104 valence electrons. The summed E-state index contributed by atoms with van der Waals surface area (Å²) in [6.07, 6.45) is 0. The molecule has 0 spiro atoms. The van der Waals surface area contributed by atoms with E-state index in [2.05, 4.69) is 20.4 Å². The van der Waals surface area contributed by atoms with Crippen molar-refractivity contribution in [3.8, 4) is 11.5 Å². The fourth-order valence-electron chi connectivity index (χ4n) is 3.29. The second kappa shape index (κ2) is 5.00. The molecule has 0 aliphatic carbocycles. The van der Waals surface area contributed by atoms with E-state index < -0.39 is 0 Å². The predicted octanol–water partition coefficient (Wildman–Crippen LogP) is 1.39. The van der Waals surface area contributed by atoms with Crippen molar-refractivity contribution in [3.05, 3.63) is 36.2 Å². The normalized spacial score (nSPS) is 26.0. The maximum Gasteiger partial charge on any atom is 0.247 e. The van der Waals surface area contributed by atoms with E-state index in [1.165, 1.54) is 0 Å². The Morgan fingerprint density at radius 3 is 2.60 bits per heavy atom. The zero-order chi connectivity index (χ0) is 13.4. The summed E-state index contributed by atoms with van der Waals surface area (Å²) in [5.41, 5.74) is 0.980.